The van der Waals surface area contributed by atoms with Gasteiger partial charge in [0.2, 0.25) is 0 Å². The Bertz CT molecular complexity index is 420. The van der Waals surface area contributed by atoms with Gasteiger partial charge in [-0.2, -0.15) is 0 Å². The van der Waals surface area contributed by atoms with E-state index in [-0.39, 0.29) is 0 Å². The predicted molar refractivity (Wildman–Crippen MR) is 88.2 cm³/mol. The van der Waals surface area contributed by atoms with Crippen molar-refractivity contribution in [1.82, 2.24) is 0 Å². The number of benzene rings is 1. The van der Waals surface area contributed by atoms with Crippen molar-refractivity contribution in [2.24, 2.45) is 0 Å². The molecule has 0 aromatic heterocycles. The summed E-state index contributed by atoms with van der Waals surface area (Å²) in [6.45, 7) is 8.80. The Balaban J connectivity index is 2.23. The summed E-state index contributed by atoms with van der Waals surface area (Å²) >= 11 is 0. The number of hydrogen-bond donors (Lipinski definition) is 1. The first kappa shape index (κ1) is 16.5. The third-order valence-electron chi connectivity index (χ3n) is 3.13. The van der Waals surface area contributed by atoms with Crippen LogP contribution in [0.3, 0.4) is 0 Å². The van der Waals surface area contributed by atoms with Crippen LogP contribution in [-0.2, 0) is 4.74 Å². The van der Waals surface area contributed by atoms with Crippen LogP contribution in [0.1, 0.15) is 33.6 Å². The van der Waals surface area contributed by atoms with Crippen molar-refractivity contribution in [2.75, 3.05) is 25.1 Å². The van der Waals surface area contributed by atoms with Gasteiger partial charge in [-0.3, -0.25) is 0 Å². The molecule has 1 rings (SSSR count). The molecule has 2 nitrogen and oxygen atoms in total. The summed E-state index contributed by atoms with van der Waals surface area (Å²) in [6.07, 6.45) is 6.69. The fraction of sp³-hybridized carbons (Fsp3) is 0.444. The van der Waals surface area contributed by atoms with Gasteiger partial charge in [0.05, 0.1) is 6.61 Å². The van der Waals surface area contributed by atoms with Crippen molar-refractivity contribution < 1.29 is 4.74 Å². The monoisotopic (exact) mass is 273 g/mol. The fourth-order valence-corrected chi connectivity index (χ4v) is 1.84. The molecule has 2 heteroatoms. The average molecular weight is 273 g/mol. The highest BCUT2D eigenvalue weighted by Crippen LogP contribution is 2.09. The lowest BCUT2D eigenvalue weighted by molar-refractivity contribution is 0.177. The van der Waals surface area contributed by atoms with Gasteiger partial charge in [0.25, 0.3) is 0 Å². The summed E-state index contributed by atoms with van der Waals surface area (Å²) in [7, 11) is 0. The normalized spacial score (nSPS) is 12.6. The second-order valence-corrected chi connectivity index (χ2v) is 5.02. The molecule has 0 amide bonds. The van der Waals surface area contributed by atoms with Crippen LogP contribution in [0.4, 0.5) is 5.69 Å². The third-order valence-corrected chi connectivity index (χ3v) is 3.13. The molecule has 20 heavy (non-hydrogen) atoms. The Labute approximate surface area is 123 Å². The number of hydrogen-bond acceptors (Lipinski definition) is 2. The molecule has 0 saturated carbocycles. The maximum Gasteiger partial charge on any atom is 0.0649 e. The molecule has 0 radical (unpaired) electrons. The van der Waals surface area contributed by atoms with E-state index in [9.17, 15) is 0 Å². The van der Waals surface area contributed by atoms with Gasteiger partial charge in [0.15, 0.2) is 0 Å². The van der Waals surface area contributed by atoms with Crippen molar-refractivity contribution in [3.63, 3.8) is 0 Å². The van der Waals surface area contributed by atoms with Gasteiger partial charge >= 0.3 is 0 Å². The average Bonchev–Trinajstić information content (AvgIpc) is 2.46. The molecule has 0 heterocycles. The lowest BCUT2D eigenvalue weighted by Crippen LogP contribution is -2.02. The van der Waals surface area contributed by atoms with Gasteiger partial charge in [-0.25, -0.2) is 0 Å². The van der Waals surface area contributed by atoms with E-state index < -0.39 is 0 Å². The fourth-order valence-electron chi connectivity index (χ4n) is 1.84. The van der Waals surface area contributed by atoms with E-state index in [2.05, 4.69) is 43.4 Å². The number of anilines is 1. The number of ether oxygens (including phenoxy) is 1. The highest BCUT2D eigenvalue weighted by Gasteiger charge is 1.93. The van der Waals surface area contributed by atoms with E-state index in [1.54, 1.807) is 0 Å². The summed E-state index contributed by atoms with van der Waals surface area (Å²) in [5, 5.41) is 3.42. The molecule has 1 N–H and O–H groups in total. The molecule has 110 valence electrons. The minimum atomic E-state index is 0.737. The molecule has 0 aliphatic heterocycles. The van der Waals surface area contributed by atoms with Crippen molar-refractivity contribution in [3.8, 4) is 0 Å². The molecule has 0 aliphatic rings. The van der Waals surface area contributed by atoms with Crippen LogP contribution in [-0.4, -0.2) is 19.8 Å². The maximum atomic E-state index is 5.32. The Kier molecular flexibility index (Phi) is 8.48. The van der Waals surface area contributed by atoms with E-state index >= 15 is 0 Å². The van der Waals surface area contributed by atoms with Crippen molar-refractivity contribution >= 4 is 5.69 Å². The van der Waals surface area contributed by atoms with Gasteiger partial charge in [0, 0.05) is 18.8 Å². The summed E-state index contributed by atoms with van der Waals surface area (Å²) in [5.41, 5.74) is 3.96. The lowest BCUT2D eigenvalue weighted by atomic mass is 10.1. The van der Waals surface area contributed by atoms with Crippen molar-refractivity contribution in [2.45, 2.75) is 33.6 Å². The molecule has 1 aromatic carbocycles. The second-order valence-electron chi connectivity index (χ2n) is 5.02. The third kappa shape index (κ3) is 7.80. The number of allylic oxidation sites excluding steroid dienone is 2. The zero-order valence-electron chi connectivity index (χ0n) is 13.0. The Morgan fingerprint density at radius 1 is 1.10 bits per heavy atom. The van der Waals surface area contributed by atoms with Crippen LogP contribution in [0.15, 0.2) is 53.6 Å². The molecule has 0 aliphatic carbocycles. The van der Waals surface area contributed by atoms with Gasteiger partial charge in [-0.1, -0.05) is 41.5 Å². The Morgan fingerprint density at radius 2 is 1.85 bits per heavy atom. The quantitative estimate of drug-likeness (QED) is 0.515. The molecule has 0 saturated heterocycles. The lowest BCUT2D eigenvalue weighted by Gasteiger charge is -2.06. The molecule has 1 aromatic rings. The molecule has 0 unspecified atom stereocenters. The van der Waals surface area contributed by atoms with Crippen molar-refractivity contribution in [1.29, 1.82) is 0 Å². The highest BCUT2D eigenvalue weighted by atomic mass is 16.5. The van der Waals surface area contributed by atoms with Gasteiger partial charge in [-0.05, 0) is 45.7 Å². The van der Waals surface area contributed by atoms with Gasteiger partial charge in [0.1, 0.15) is 0 Å². The molecular weight excluding hydrogens is 246 g/mol. The molecule has 0 bridgehead atoms. The minimum Gasteiger partial charge on any atom is -0.381 e. The van der Waals surface area contributed by atoms with E-state index in [1.165, 1.54) is 16.8 Å². The topological polar surface area (TPSA) is 21.3 Å². The van der Waals surface area contributed by atoms with E-state index in [4.69, 9.17) is 4.74 Å². The first-order valence-corrected chi connectivity index (χ1v) is 7.40. The Hall–Kier alpha value is -1.54. The first-order chi connectivity index (χ1) is 9.72. The van der Waals surface area contributed by atoms with Crippen LogP contribution < -0.4 is 5.32 Å². The van der Waals surface area contributed by atoms with Crippen LogP contribution in [0.5, 0.6) is 0 Å². The number of nitrogens with one attached hydrogen (secondary N) is 1. The second kappa shape index (κ2) is 10.3. The smallest absolute Gasteiger partial charge is 0.0649 e. The largest absolute Gasteiger partial charge is 0.381 e. The number of rotatable bonds is 9. The van der Waals surface area contributed by atoms with Gasteiger partial charge in [-0.15, -0.1) is 0 Å². The van der Waals surface area contributed by atoms with Crippen LogP contribution in [0.25, 0.3) is 0 Å². The summed E-state index contributed by atoms with van der Waals surface area (Å²) in [6, 6.07) is 10.3. The van der Waals surface area contributed by atoms with E-state index in [0.717, 1.165) is 32.6 Å². The van der Waals surface area contributed by atoms with Gasteiger partial charge < -0.3 is 10.1 Å². The SMILES string of the molecule is CCOC/C=C(\C)CC/C=C(\C)CNc1ccccc1. The standard InChI is InChI=1S/C18H27NO/c1-4-20-14-13-16(2)9-8-10-17(3)15-19-18-11-6-5-7-12-18/h5-7,10-13,19H,4,8-9,14-15H2,1-3H3/b16-13+,17-10+. The zero-order chi connectivity index (χ0) is 14.6. The van der Waals surface area contributed by atoms with Crippen LogP contribution in [0, 0.1) is 0 Å². The summed E-state index contributed by atoms with van der Waals surface area (Å²) in [4.78, 5) is 0. The molecular formula is C18H27NO. The first-order valence-electron chi connectivity index (χ1n) is 7.40. The van der Waals surface area contributed by atoms with Crippen LogP contribution >= 0.6 is 0 Å². The zero-order valence-corrected chi connectivity index (χ0v) is 13.0. The summed E-state index contributed by atoms with van der Waals surface area (Å²) < 4.78 is 5.32. The molecule has 0 atom stereocenters. The maximum absolute atomic E-state index is 5.32. The highest BCUT2D eigenvalue weighted by molar-refractivity contribution is 5.43. The van der Waals surface area contributed by atoms with E-state index in [1.807, 2.05) is 25.1 Å². The molecule has 0 fully saturated rings. The number of para-hydroxylation sites is 1. The van der Waals surface area contributed by atoms with E-state index in [0.29, 0.717) is 0 Å². The minimum absolute atomic E-state index is 0.737. The predicted octanol–water partition coefficient (Wildman–Crippen LogP) is 4.81. The Morgan fingerprint density at radius 3 is 2.55 bits per heavy atom. The molecule has 0 spiro atoms. The van der Waals surface area contributed by atoms with Crippen molar-refractivity contribution in [3.05, 3.63) is 53.6 Å². The summed E-state index contributed by atoms with van der Waals surface area (Å²) in [5.74, 6) is 0. The van der Waals surface area contributed by atoms with Crippen LogP contribution in [0.2, 0.25) is 0 Å².